The fourth-order valence-corrected chi connectivity index (χ4v) is 2.80. The molecule has 1 heterocycles. The third-order valence-electron chi connectivity index (χ3n) is 4.17. The molecule has 1 saturated heterocycles. The van der Waals surface area contributed by atoms with Crippen LogP contribution in [0.25, 0.3) is 0 Å². The Bertz CT molecular complexity index is 847. The van der Waals surface area contributed by atoms with Gasteiger partial charge in [-0.05, 0) is 43.2 Å². The number of halogens is 2. The highest BCUT2D eigenvalue weighted by Crippen LogP contribution is 2.15. The van der Waals surface area contributed by atoms with Crippen LogP contribution in [0.15, 0.2) is 47.5 Å². The lowest BCUT2D eigenvalue weighted by Crippen LogP contribution is -2.36. The quantitative estimate of drug-likeness (QED) is 0.608. The number of nitrogens with one attached hydrogen (secondary N) is 2. The second kappa shape index (κ2) is 9.27. The minimum atomic E-state index is -0.736. The van der Waals surface area contributed by atoms with E-state index in [0.29, 0.717) is 24.5 Å². The van der Waals surface area contributed by atoms with Crippen molar-refractivity contribution >= 4 is 17.6 Å². The normalized spacial score (nSPS) is 16.7. The van der Waals surface area contributed by atoms with Crippen LogP contribution in [0.4, 0.5) is 14.5 Å². The number of nitrogens with zero attached hydrogens (tertiary/aromatic N) is 1. The molecule has 2 aromatic rings. The van der Waals surface area contributed by atoms with Crippen molar-refractivity contribution in [3.8, 4) is 5.75 Å². The summed E-state index contributed by atoms with van der Waals surface area (Å²) in [5.41, 5.74) is 0.492. The zero-order valence-corrected chi connectivity index (χ0v) is 15.4. The summed E-state index contributed by atoms with van der Waals surface area (Å²) in [6.07, 6.45) is 1.78. The van der Waals surface area contributed by atoms with E-state index in [2.05, 4.69) is 15.6 Å². The van der Waals surface area contributed by atoms with Gasteiger partial charge in [0.15, 0.2) is 0 Å². The van der Waals surface area contributed by atoms with E-state index in [1.54, 1.807) is 24.3 Å². The second-order valence-corrected chi connectivity index (χ2v) is 6.29. The number of ether oxygens (including phenoxy) is 2. The molecule has 0 bridgehead atoms. The number of hydrogen-bond acceptors (Lipinski definition) is 4. The van der Waals surface area contributed by atoms with Crippen molar-refractivity contribution in [2.75, 3.05) is 25.6 Å². The van der Waals surface area contributed by atoms with Crippen molar-refractivity contribution < 1.29 is 23.0 Å². The summed E-state index contributed by atoms with van der Waals surface area (Å²) in [6.45, 7) is 0.993. The van der Waals surface area contributed by atoms with Crippen molar-refractivity contribution in [1.29, 1.82) is 0 Å². The zero-order chi connectivity index (χ0) is 19.9. The number of methoxy groups -OCH3 is 1. The van der Waals surface area contributed by atoms with Crippen LogP contribution in [0.1, 0.15) is 23.2 Å². The smallest absolute Gasteiger partial charge is 0.258 e. The van der Waals surface area contributed by atoms with E-state index >= 15 is 0 Å². The van der Waals surface area contributed by atoms with Crippen molar-refractivity contribution in [1.82, 2.24) is 5.32 Å². The minimum absolute atomic E-state index is 0.0465. The highest BCUT2D eigenvalue weighted by atomic mass is 19.1. The van der Waals surface area contributed by atoms with Crippen LogP contribution in [0.2, 0.25) is 0 Å². The SMILES string of the molecule is COc1cccc(C(=O)NC(=NC[C@@H]2CCCO2)Nc2cc(F)cc(F)c2)c1. The van der Waals surface area contributed by atoms with Gasteiger partial charge in [0.1, 0.15) is 17.4 Å². The Morgan fingerprint density at radius 3 is 2.71 bits per heavy atom. The topological polar surface area (TPSA) is 72.0 Å². The summed E-state index contributed by atoms with van der Waals surface area (Å²) in [7, 11) is 1.51. The third-order valence-corrected chi connectivity index (χ3v) is 4.17. The van der Waals surface area contributed by atoms with Crippen LogP contribution < -0.4 is 15.4 Å². The second-order valence-electron chi connectivity index (χ2n) is 6.29. The van der Waals surface area contributed by atoms with Gasteiger partial charge in [0.25, 0.3) is 5.91 Å². The van der Waals surface area contributed by atoms with Gasteiger partial charge in [-0.25, -0.2) is 13.8 Å². The first-order valence-electron chi connectivity index (χ1n) is 8.88. The van der Waals surface area contributed by atoms with Crippen molar-refractivity contribution in [2.45, 2.75) is 18.9 Å². The number of amides is 1. The van der Waals surface area contributed by atoms with Gasteiger partial charge in [0.05, 0.1) is 19.8 Å². The molecule has 1 fully saturated rings. The largest absolute Gasteiger partial charge is 0.497 e. The van der Waals surface area contributed by atoms with Gasteiger partial charge < -0.3 is 14.8 Å². The molecule has 0 aromatic heterocycles. The van der Waals surface area contributed by atoms with Crippen LogP contribution in [0.5, 0.6) is 5.75 Å². The Morgan fingerprint density at radius 2 is 2.04 bits per heavy atom. The Balaban J connectivity index is 1.78. The number of guanidine groups is 1. The van der Waals surface area contributed by atoms with Crippen LogP contribution in [-0.2, 0) is 4.74 Å². The molecular formula is C20H21F2N3O3. The van der Waals surface area contributed by atoms with E-state index in [-0.39, 0.29) is 17.8 Å². The Kier molecular flexibility index (Phi) is 6.54. The molecule has 8 heteroatoms. The van der Waals surface area contributed by atoms with Gasteiger partial charge in [0, 0.05) is 23.9 Å². The standard InChI is InChI=1S/C20H21F2N3O3/c1-27-17-5-2-4-13(8-17)19(26)25-20(23-12-18-6-3-7-28-18)24-16-10-14(21)9-15(22)11-16/h2,4-5,8-11,18H,3,6-7,12H2,1H3,(H2,23,24,25,26)/t18-/m0/s1. The van der Waals surface area contributed by atoms with E-state index < -0.39 is 17.5 Å². The van der Waals surface area contributed by atoms with Gasteiger partial charge in [0.2, 0.25) is 5.96 Å². The van der Waals surface area contributed by atoms with Crippen molar-refractivity contribution in [3.05, 3.63) is 59.7 Å². The lowest BCUT2D eigenvalue weighted by Gasteiger charge is -2.14. The molecule has 28 heavy (non-hydrogen) atoms. The predicted molar refractivity (Wildman–Crippen MR) is 102 cm³/mol. The van der Waals surface area contributed by atoms with Gasteiger partial charge in [-0.3, -0.25) is 10.1 Å². The Morgan fingerprint density at radius 1 is 1.25 bits per heavy atom. The first-order chi connectivity index (χ1) is 13.5. The monoisotopic (exact) mass is 389 g/mol. The number of anilines is 1. The van der Waals surface area contributed by atoms with Crippen molar-refractivity contribution in [3.63, 3.8) is 0 Å². The van der Waals surface area contributed by atoms with Gasteiger partial charge in [-0.1, -0.05) is 6.07 Å². The summed E-state index contributed by atoms with van der Waals surface area (Å²) in [5, 5.41) is 5.41. The molecule has 1 aliphatic rings. The maximum atomic E-state index is 13.5. The number of rotatable bonds is 5. The maximum absolute atomic E-state index is 13.5. The number of hydrogen-bond donors (Lipinski definition) is 2. The van der Waals surface area contributed by atoms with E-state index in [4.69, 9.17) is 9.47 Å². The van der Waals surface area contributed by atoms with Gasteiger partial charge in [-0.2, -0.15) is 0 Å². The summed E-state index contributed by atoms with van der Waals surface area (Å²) in [4.78, 5) is 16.9. The first kappa shape index (κ1) is 19.8. The molecule has 148 valence electrons. The fraction of sp³-hybridized carbons (Fsp3) is 0.300. The van der Waals surface area contributed by atoms with E-state index in [0.717, 1.165) is 31.0 Å². The number of aliphatic imine (C=N–C) groups is 1. The summed E-state index contributed by atoms with van der Waals surface area (Å²) in [5.74, 6) is -1.30. The van der Waals surface area contributed by atoms with E-state index in [1.165, 1.54) is 7.11 Å². The highest BCUT2D eigenvalue weighted by molar-refractivity contribution is 6.10. The first-order valence-corrected chi connectivity index (χ1v) is 8.88. The fourth-order valence-electron chi connectivity index (χ4n) is 2.80. The molecule has 1 amide bonds. The lowest BCUT2D eigenvalue weighted by atomic mass is 10.2. The summed E-state index contributed by atoms with van der Waals surface area (Å²) in [6, 6.07) is 9.60. The van der Waals surface area contributed by atoms with Gasteiger partial charge >= 0.3 is 0 Å². The Labute approximate surface area is 161 Å². The summed E-state index contributed by atoms with van der Waals surface area (Å²) >= 11 is 0. The Hall–Kier alpha value is -3.00. The van der Waals surface area contributed by atoms with Crippen LogP contribution in [0, 0.1) is 11.6 Å². The van der Waals surface area contributed by atoms with E-state index in [9.17, 15) is 13.6 Å². The predicted octanol–water partition coefficient (Wildman–Crippen LogP) is 3.35. The average molecular weight is 389 g/mol. The maximum Gasteiger partial charge on any atom is 0.258 e. The zero-order valence-electron chi connectivity index (χ0n) is 15.4. The molecule has 0 spiro atoms. The molecule has 2 N–H and O–H groups in total. The number of carbonyl (C=O) groups is 1. The molecule has 1 atom stereocenters. The third kappa shape index (κ3) is 5.50. The number of carbonyl (C=O) groups excluding carboxylic acids is 1. The molecule has 3 rings (SSSR count). The highest BCUT2D eigenvalue weighted by Gasteiger charge is 2.16. The minimum Gasteiger partial charge on any atom is -0.497 e. The molecule has 0 radical (unpaired) electrons. The van der Waals surface area contributed by atoms with E-state index in [1.807, 2.05) is 0 Å². The molecule has 6 nitrogen and oxygen atoms in total. The molecule has 1 aliphatic heterocycles. The molecule has 0 saturated carbocycles. The number of benzene rings is 2. The molecule has 2 aromatic carbocycles. The molecular weight excluding hydrogens is 368 g/mol. The van der Waals surface area contributed by atoms with Gasteiger partial charge in [-0.15, -0.1) is 0 Å². The van der Waals surface area contributed by atoms with Crippen LogP contribution in [-0.4, -0.2) is 38.2 Å². The molecule has 0 unspecified atom stereocenters. The lowest BCUT2D eigenvalue weighted by molar-refractivity contribution is 0.0975. The van der Waals surface area contributed by atoms with Crippen LogP contribution in [0.3, 0.4) is 0 Å². The van der Waals surface area contributed by atoms with Crippen molar-refractivity contribution in [2.24, 2.45) is 4.99 Å². The summed E-state index contributed by atoms with van der Waals surface area (Å²) < 4.78 is 37.6. The average Bonchev–Trinajstić information content (AvgIpc) is 3.19. The van der Waals surface area contributed by atoms with Crippen LogP contribution >= 0.6 is 0 Å². The molecule has 0 aliphatic carbocycles.